The van der Waals surface area contributed by atoms with E-state index in [1.165, 1.54) is 11.4 Å². The normalized spacial score (nSPS) is 25.6. The summed E-state index contributed by atoms with van der Waals surface area (Å²) in [6.07, 6.45) is 3.19. The summed E-state index contributed by atoms with van der Waals surface area (Å²) < 4.78 is 48.6. The molecule has 0 saturated carbocycles. The molecule has 302 valence electrons. The minimum Gasteiger partial charge on any atom is -0.495 e. The van der Waals surface area contributed by atoms with Crippen LogP contribution in [-0.2, 0) is 30.0 Å². The molecule has 3 aromatic carbocycles. The Hall–Kier alpha value is -3.31. The number of carbonyl (C=O) groups excluding carboxylic acids is 2. The smallest absolute Gasteiger partial charge is 0.262 e. The number of aldehydes is 1. The third-order valence-electron chi connectivity index (χ3n) is 11.2. The highest BCUT2D eigenvalue weighted by Crippen LogP contribution is 2.47. The van der Waals surface area contributed by atoms with E-state index >= 15 is 4.79 Å². The second-order valence-corrected chi connectivity index (χ2v) is 17.4. The van der Waals surface area contributed by atoms with Crippen molar-refractivity contribution in [3.05, 3.63) is 87.4 Å². The largest absolute Gasteiger partial charge is 0.495 e. The van der Waals surface area contributed by atoms with Gasteiger partial charge in [0.15, 0.2) is 5.66 Å². The SMILES string of the molecule is CCOc1cc(OC)c(S(=O)(=O)N2CCCCC2)cc1C1(C(=O)N2CCN(C3CN(CC=O)CCO3)CC2)N[C@H](c2ccc(Cl)cc2)[C@H](c2ccc(Cl)cc2)N1. The standard InChI is InChI=1S/C40H50Cl2N6O7S/c1-3-54-33-26-34(53-2)35(56(51,52)48-15-5-4-6-16-48)25-32(33)40(39(50)47-19-17-46(18-20-47)36-27-45(21-23-49)22-24-55-36)43-37(28-7-11-30(41)12-8-28)38(44-40)29-9-13-31(42)14-10-29/h7-14,23,25-26,36-38,43-44H,3-6,15-22,24,27H2,1-2H3/t36?,37-,38+,40?. The van der Waals surface area contributed by atoms with E-state index in [0.29, 0.717) is 86.9 Å². The minimum atomic E-state index is -4.04. The molecule has 4 heterocycles. The maximum Gasteiger partial charge on any atom is 0.262 e. The Kier molecular flexibility index (Phi) is 12.9. The summed E-state index contributed by atoms with van der Waals surface area (Å²) in [4.78, 5) is 32.9. The molecule has 0 bridgehead atoms. The van der Waals surface area contributed by atoms with Crippen molar-refractivity contribution in [2.24, 2.45) is 0 Å². The lowest BCUT2D eigenvalue weighted by Gasteiger charge is -2.44. The highest BCUT2D eigenvalue weighted by molar-refractivity contribution is 7.89. The van der Waals surface area contributed by atoms with Crippen LogP contribution in [0.15, 0.2) is 65.6 Å². The molecule has 0 spiro atoms. The van der Waals surface area contributed by atoms with E-state index in [-0.39, 0.29) is 29.4 Å². The van der Waals surface area contributed by atoms with E-state index in [9.17, 15) is 13.2 Å². The van der Waals surface area contributed by atoms with Crippen LogP contribution >= 0.6 is 23.2 Å². The molecule has 56 heavy (non-hydrogen) atoms. The number of halogens is 2. The predicted octanol–water partition coefficient (Wildman–Crippen LogP) is 4.40. The van der Waals surface area contributed by atoms with Gasteiger partial charge in [-0.1, -0.05) is 53.9 Å². The number of benzene rings is 3. The first kappa shape index (κ1) is 40.9. The fourth-order valence-electron chi connectivity index (χ4n) is 8.30. The summed E-state index contributed by atoms with van der Waals surface area (Å²) in [6, 6.07) is 17.1. The van der Waals surface area contributed by atoms with Crippen LogP contribution in [0.5, 0.6) is 11.5 Å². The number of methoxy groups -OCH3 is 1. The zero-order valence-electron chi connectivity index (χ0n) is 31.8. The van der Waals surface area contributed by atoms with Gasteiger partial charge in [-0.2, -0.15) is 4.31 Å². The average molecular weight is 830 g/mol. The number of hydrogen-bond donors (Lipinski definition) is 2. The zero-order chi connectivity index (χ0) is 39.5. The van der Waals surface area contributed by atoms with Crippen LogP contribution in [0, 0.1) is 0 Å². The topological polar surface area (TPSA) is 133 Å². The van der Waals surface area contributed by atoms with E-state index in [1.807, 2.05) is 60.4 Å². The quantitative estimate of drug-likeness (QED) is 0.252. The number of sulfonamides is 1. The second-order valence-electron chi connectivity index (χ2n) is 14.6. The molecule has 13 nitrogen and oxygen atoms in total. The van der Waals surface area contributed by atoms with Crippen LogP contribution in [0.2, 0.25) is 10.0 Å². The molecule has 0 aliphatic carbocycles. The van der Waals surface area contributed by atoms with Gasteiger partial charge >= 0.3 is 0 Å². The monoisotopic (exact) mass is 828 g/mol. The fourth-order valence-corrected chi connectivity index (χ4v) is 10.2. The zero-order valence-corrected chi connectivity index (χ0v) is 34.1. The maximum atomic E-state index is 15.6. The number of piperazine rings is 1. The Balaban J connectivity index is 1.34. The van der Waals surface area contributed by atoms with Crippen LogP contribution in [0.3, 0.4) is 0 Å². The lowest BCUT2D eigenvalue weighted by Crippen LogP contribution is -2.63. The van der Waals surface area contributed by atoms with Crippen molar-refractivity contribution in [2.75, 3.05) is 79.2 Å². The molecule has 2 N–H and O–H groups in total. The van der Waals surface area contributed by atoms with Gasteiger partial charge < -0.3 is 23.9 Å². The van der Waals surface area contributed by atoms with Crippen LogP contribution in [0.4, 0.5) is 0 Å². The van der Waals surface area contributed by atoms with Crippen LogP contribution in [0.25, 0.3) is 0 Å². The Labute approximate surface area is 339 Å². The van der Waals surface area contributed by atoms with E-state index < -0.39 is 27.8 Å². The molecular weight excluding hydrogens is 779 g/mol. The number of carbonyl (C=O) groups is 2. The second kappa shape index (κ2) is 17.7. The predicted molar refractivity (Wildman–Crippen MR) is 214 cm³/mol. The number of nitrogens with zero attached hydrogens (tertiary/aromatic N) is 4. The molecule has 4 atom stereocenters. The Morgan fingerprint density at radius 2 is 1.48 bits per heavy atom. The van der Waals surface area contributed by atoms with Crippen molar-refractivity contribution >= 4 is 45.4 Å². The van der Waals surface area contributed by atoms with E-state index in [0.717, 1.165) is 36.7 Å². The Morgan fingerprint density at radius 1 is 0.875 bits per heavy atom. The summed E-state index contributed by atoms with van der Waals surface area (Å²) in [5.41, 5.74) is 0.382. The van der Waals surface area contributed by atoms with Gasteiger partial charge in [-0.05, 0) is 61.2 Å². The van der Waals surface area contributed by atoms with Crippen molar-refractivity contribution in [3.8, 4) is 11.5 Å². The maximum absolute atomic E-state index is 15.6. The fraction of sp³-hybridized carbons (Fsp3) is 0.500. The van der Waals surface area contributed by atoms with Crippen LogP contribution in [-0.4, -0.2) is 125 Å². The van der Waals surface area contributed by atoms with Gasteiger partial charge in [0.05, 0.1) is 39.0 Å². The summed E-state index contributed by atoms with van der Waals surface area (Å²) in [5.74, 6) is 0.162. The van der Waals surface area contributed by atoms with E-state index in [4.69, 9.17) is 37.4 Å². The van der Waals surface area contributed by atoms with Gasteiger partial charge in [0.2, 0.25) is 10.0 Å². The number of ether oxygens (including phenoxy) is 3. The van der Waals surface area contributed by atoms with Gasteiger partial charge in [0, 0.05) is 74.0 Å². The molecule has 0 radical (unpaired) electrons. The third-order valence-corrected chi connectivity index (χ3v) is 13.7. The van der Waals surface area contributed by atoms with Gasteiger partial charge in [0.25, 0.3) is 5.91 Å². The Morgan fingerprint density at radius 3 is 2.04 bits per heavy atom. The summed E-state index contributed by atoms with van der Waals surface area (Å²) in [5, 5.41) is 8.58. The number of morpholine rings is 1. The molecule has 4 saturated heterocycles. The molecule has 2 unspecified atom stereocenters. The van der Waals surface area contributed by atoms with E-state index in [1.54, 1.807) is 12.1 Å². The molecule has 4 aliphatic rings. The Bertz CT molecular complexity index is 1900. The number of hydrogen-bond acceptors (Lipinski definition) is 11. The molecule has 1 amide bonds. The molecule has 3 aromatic rings. The molecular formula is C40H50Cl2N6O7S. The van der Waals surface area contributed by atoms with Gasteiger partial charge in [0.1, 0.15) is 28.9 Å². The number of nitrogens with one attached hydrogen (secondary N) is 2. The van der Waals surface area contributed by atoms with Crippen LogP contribution in [0.1, 0.15) is 55.0 Å². The number of amides is 1. The first-order chi connectivity index (χ1) is 27.1. The molecule has 7 rings (SSSR count). The summed E-state index contributed by atoms with van der Waals surface area (Å²) in [7, 11) is -2.60. The molecule has 16 heteroatoms. The number of piperidine rings is 1. The van der Waals surface area contributed by atoms with Crippen molar-refractivity contribution in [1.29, 1.82) is 0 Å². The molecule has 4 aliphatic heterocycles. The first-order valence-electron chi connectivity index (χ1n) is 19.3. The molecule has 4 fully saturated rings. The third kappa shape index (κ3) is 8.31. The van der Waals surface area contributed by atoms with Gasteiger partial charge in [-0.25, -0.2) is 8.42 Å². The van der Waals surface area contributed by atoms with Gasteiger partial charge in [-0.3, -0.25) is 25.2 Å². The summed E-state index contributed by atoms with van der Waals surface area (Å²) in [6.45, 7) is 6.89. The average Bonchev–Trinajstić information content (AvgIpc) is 3.63. The van der Waals surface area contributed by atoms with E-state index in [2.05, 4.69) is 20.4 Å². The molecule has 0 aromatic heterocycles. The summed E-state index contributed by atoms with van der Waals surface area (Å²) >= 11 is 12.7. The minimum absolute atomic E-state index is 0.0340. The van der Waals surface area contributed by atoms with Gasteiger partial charge in [-0.15, -0.1) is 0 Å². The van der Waals surface area contributed by atoms with Crippen molar-refractivity contribution in [3.63, 3.8) is 0 Å². The van der Waals surface area contributed by atoms with Crippen molar-refractivity contribution in [1.82, 2.24) is 29.6 Å². The highest BCUT2D eigenvalue weighted by Gasteiger charge is 2.55. The lowest BCUT2D eigenvalue weighted by atomic mass is 9.95. The highest BCUT2D eigenvalue weighted by atomic mass is 35.5. The van der Waals surface area contributed by atoms with Crippen LogP contribution < -0.4 is 20.1 Å². The lowest BCUT2D eigenvalue weighted by molar-refractivity contribution is -0.149. The first-order valence-corrected chi connectivity index (χ1v) is 21.5. The number of rotatable bonds is 12. The van der Waals surface area contributed by atoms with Crippen molar-refractivity contribution in [2.45, 2.75) is 55.1 Å². The van der Waals surface area contributed by atoms with Crippen molar-refractivity contribution < 1.29 is 32.2 Å².